The van der Waals surface area contributed by atoms with Crippen LogP contribution in [-0.4, -0.2) is 54.7 Å². The normalized spacial score (nSPS) is 24.6. The molecule has 2 atom stereocenters. The van der Waals surface area contributed by atoms with Gasteiger partial charge < -0.3 is 14.6 Å². The fourth-order valence-electron chi connectivity index (χ4n) is 2.02. The molecular weight excluding hydrogens is 206 g/mol. The number of β-amino-alcohol motifs (C(OH)–C–C–N with tert-alkyl or cyclic N) is 1. The summed E-state index contributed by atoms with van der Waals surface area (Å²) in [5, 5.41) is 9.75. The highest BCUT2D eigenvalue weighted by molar-refractivity contribution is 5.53. The maximum absolute atomic E-state index is 10.7. The van der Waals surface area contributed by atoms with E-state index in [1.807, 2.05) is 13.8 Å². The SMILES string of the molecule is CC(C)OCC(O)CN1CCCC(C=O)C1. The Bertz CT molecular complexity index is 208. The zero-order chi connectivity index (χ0) is 12.0. The number of likely N-dealkylation sites (tertiary alicyclic amines) is 1. The molecule has 4 nitrogen and oxygen atoms in total. The summed E-state index contributed by atoms with van der Waals surface area (Å²) in [5.74, 6) is 0.145. The Morgan fingerprint density at radius 2 is 2.31 bits per heavy atom. The van der Waals surface area contributed by atoms with Gasteiger partial charge in [0, 0.05) is 19.0 Å². The minimum Gasteiger partial charge on any atom is -0.389 e. The molecular formula is C12H23NO3. The molecule has 0 aromatic heterocycles. The van der Waals surface area contributed by atoms with Crippen molar-refractivity contribution in [2.45, 2.75) is 38.9 Å². The standard InChI is InChI=1S/C12H23NO3/c1-10(2)16-9-12(15)7-13-5-3-4-11(6-13)8-14/h8,10-12,15H,3-7,9H2,1-2H3. The van der Waals surface area contributed by atoms with E-state index in [4.69, 9.17) is 4.74 Å². The van der Waals surface area contributed by atoms with E-state index in [0.29, 0.717) is 13.2 Å². The molecule has 1 fully saturated rings. The molecule has 1 aliphatic heterocycles. The first-order valence-electron chi connectivity index (χ1n) is 6.09. The lowest BCUT2D eigenvalue weighted by atomic mass is 9.99. The monoisotopic (exact) mass is 229 g/mol. The highest BCUT2D eigenvalue weighted by Crippen LogP contribution is 2.14. The Morgan fingerprint density at radius 1 is 1.56 bits per heavy atom. The van der Waals surface area contributed by atoms with E-state index in [0.717, 1.165) is 32.2 Å². The van der Waals surface area contributed by atoms with E-state index in [2.05, 4.69) is 4.90 Å². The molecule has 0 aromatic carbocycles. The fraction of sp³-hybridized carbons (Fsp3) is 0.917. The number of aliphatic hydroxyl groups excluding tert-OH is 1. The van der Waals surface area contributed by atoms with E-state index in [-0.39, 0.29) is 12.0 Å². The number of hydrogen-bond acceptors (Lipinski definition) is 4. The molecule has 1 rings (SSSR count). The number of nitrogens with zero attached hydrogens (tertiary/aromatic N) is 1. The first-order valence-corrected chi connectivity index (χ1v) is 6.09. The van der Waals surface area contributed by atoms with Crippen molar-refractivity contribution < 1.29 is 14.6 Å². The largest absolute Gasteiger partial charge is 0.389 e. The van der Waals surface area contributed by atoms with Gasteiger partial charge in [-0.05, 0) is 33.2 Å². The van der Waals surface area contributed by atoms with Crippen LogP contribution in [0, 0.1) is 5.92 Å². The van der Waals surface area contributed by atoms with Crippen LogP contribution in [0.15, 0.2) is 0 Å². The van der Waals surface area contributed by atoms with Gasteiger partial charge in [0.2, 0.25) is 0 Å². The Hall–Kier alpha value is -0.450. The van der Waals surface area contributed by atoms with Gasteiger partial charge in [-0.1, -0.05) is 0 Å². The second kappa shape index (κ2) is 6.99. The summed E-state index contributed by atoms with van der Waals surface area (Å²) in [6.45, 7) is 6.65. The van der Waals surface area contributed by atoms with Gasteiger partial charge in [0.1, 0.15) is 6.29 Å². The summed E-state index contributed by atoms with van der Waals surface area (Å²) < 4.78 is 5.35. The average molecular weight is 229 g/mol. The van der Waals surface area contributed by atoms with Gasteiger partial charge >= 0.3 is 0 Å². The lowest BCUT2D eigenvalue weighted by molar-refractivity contribution is -0.112. The van der Waals surface area contributed by atoms with Crippen LogP contribution in [0.5, 0.6) is 0 Å². The molecule has 0 bridgehead atoms. The number of hydrogen-bond donors (Lipinski definition) is 1. The number of rotatable bonds is 6. The summed E-state index contributed by atoms with van der Waals surface area (Å²) in [6, 6.07) is 0. The molecule has 0 amide bonds. The number of aldehydes is 1. The van der Waals surface area contributed by atoms with Crippen molar-refractivity contribution in [3.8, 4) is 0 Å². The Balaban J connectivity index is 2.22. The van der Waals surface area contributed by atoms with E-state index >= 15 is 0 Å². The summed E-state index contributed by atoms with van der Waals surface area (Å²) in [5.41, 5.74) is 0. The Kier molecular flexibility index (Phi) is 5.95. The van der Waals surface area contributed by atoms with Gasteiger partial charge in [-0.15, -0.1) is 0 Å². The first-order chi connectivity index (χ1) is 7.61. The van der Waals surface area contributed by atoms with Gasteiger partial charge in [-0.2, -0.15) is 0 Å². The third-order valence-electron chi connectivity index (χ3n) is 2.83. The third-order valence-corrected chi connectivity index (χ3v) is 2.83. The van der Waals surface area contributed by atoms with Crippen molar-refractivity contribution in [3.63, 3.8) is 0 Å². The zero-order valence-electron chi connectivity index (χ0n) is 10.3. The predicted molar refractivity (Wildman–Crippen MR) is 62.3 cm³/mol. The lowest BCUT2D eigenvalue weighted by Gasteiger charge is -2.31. The van der Waals surface area contributed by atoms with Crippen molar-refractivity contribution in [1.82, 2.24) is 4.90 Å². The van der Waals surface area contributed by atoms with Crippen LogP contribution in [0.2, 0.25) is 0 Å². The fourth-order valence-corrected chi connectivity index (χ4v) is 2.02. The highest BCUT2D eigenvalue weighted by atomic mass is 16.5. The first kappa shape index (κ1) is 13.6. The van der Waals surface area contributed by atoms with Gasteiger partial charge in [0.05, 0.1) is 18.8 Å². The van der Waals surface area contributed by atoms with Gasteiger partial charge in [0.25, 0.3) is 0 Å². The van der Waals surface area contributed by atoms with Crippen molar-refractivity contribution in [2.24, 2.45) is 5.92 Å². The van der Waals surface area contributed by atoms with E-state index in [1.54, 1.807) is 0 Å². The highest BCUT2D eigenvalue weighted by Gasteiger charge is 2.21. The van der Waals surface area contributed by atoms with Crippen LogP contribution < -0.4 is 0 Å². The quantitative estimate of drug-likeness (QED) is 0.681. The zero-order valence-corrected chi connectivity index (χ0v) is 10.3. The Labute approximate surface area is 97.6 Å². The topological polar surface area (TPSA) is 49.8 Å². The van der Waals surface area contributed by atoms with Gasteiger partial charge in [0.15, 0.2) is 0 Å². The molecule has 1 N–H and O–H groups in total. The van der Waals surface area contributed by atoms with E-state index in [1.165, 1.54) is 0 Å². The molecule has 4 heteroatoms. The summed E-state index contributed by atoms with van der Waals surface area (Å²) in [6.07, 6.45) is 2.76. The van der Waals surface area contributed by atoms with Crippen LogP contribution in [0.1, 0.15) is 26.7 Å². The van der Waals surface area contributed by atoms with Crippen LogP contribution in [-0.2, 0) is 9.53 Å². The van der Waals surface area contributed by atoms with Crippen LogP contribution in [0.3, 0.4) is 0 Å². The number of ether oxygens (including phenoxy) is 1. The molecule has 1 heterocycles. The second-order valence-electron chi connectivity index (χ2n) is 4.83. The smallest absolute Gasteiger partial charge is 0.124 e. The van der Waals surface area contributed by atoms with Crippen LogP contribution in [0.4, 0.5) is 0 Å². The van der Waals surface area contributed by atoms with Crippen molar-refractivity contribution in [1.29, 1.82) is 0 Å². The number of carbonyl (C=O) groups excluding carboxylic acids is 1. The van der Waals surface area contributed by atoms with E-state index in [9.17, 15) is 9.90 Å². The predicted octanol–water partition coefficient (Wildman–Crippen LogP) is 0.683. The molecule has 94 valence electrons. The molecule has 1 saturated heterocycles. The molecule has 2 unspecified atom stereocenters. The molecule has 0 radical (unpaired) electrons. The summed E-state index contributed by atoms with van der Waals surface area (Å²) in [4.78, 5) is 12.8. The maximum Gasteiger partial charge on any atom is 0.124 e. The maximum atomic E-state index is 10.7. The van der Waals surface area contributed by atoms with E-state index < -0.39 is 6.10 Å². The number of aliphatic hydroxyl groups is 1. The number of carbonyl (C=O) groups is 1. The van der Waals surface area contributed by atoms with Gasteiger partial charge in [-0.3, -0.25) is 4.90 Å². The minimum atomic E-state index is -0.451. The summed E-state index contributed by atoms with van der Waals surface area (Å²) in [7, 11) is 0. The molecule has 0 spiro atoms. The van der Waals surface area contributed by atoms with Crippen molar-refractivity contribution in [2.75, 3.05) is 26.2 Å². The minimum absolute atomic E-state index is 0.145. The Morgan fingerprint density at radius 3 is 2.94 bits per heavy atom. The second-order valence-corrected chi connectivity index (χ2v) is 4.83. The molecule has 0 saturated carbocycles. The van der Waals surface area contributed by atoms with Gasteiger partial charge in [-0.25, -0.2) is 0 Å². The number of piperidine rings is 1. The molecule has 0 aliphatic carbocycles. The molecule has 0 aromatic rings. The van der Waals surface area contributed by atoms with Crippen LogP contribution in [0.25, 0.3) is 0 Å². The van der Waals surface area contributed by atoms with Crippen LogP contribution >= 0.6 is 0 Å². The lowest BCUT2D eigenvalue weighted by Crippen LogP contribution is -2.42. The molecule has 1 aliphatic rings. The molecule has 16 heavy (non-hydrogen) atoms. The van der Waals surface area contributed by atoms with Crippen molar-refractivity contribution in [3.05, 3.63) is 0 Å². The third kappa shape index (κ3) is 5.05. The summed E-state index contributed by atoms with van der Waals surface area (Å²) >= 11 is 0. The average Bonchev–Trinajstić information content (AvgIpc) is 2.26. The van der Waals surface area contributed by atoms with Crippen molar-refractivity contribution >= 4 is 6.29 Å².